The SMILES string of the molecule is CCC=CCCOc1c(OC(C)C)c2cccc(OC(C)=O)c2oc1=O. The zero-order chi connectivity index (χ0) is 19.1. The molecule has 1 aromatic heterocycles. The van der Waals surface area contributed by atoms with Crippen LogP contribution in [0.2, 0.25) is 0 Å². The first-order chi connectivity index (χ1) is 12.4. The minimum atomic E-state index is -0.674. The maximum absolute atomic E-state index is 12.5. The molecule has 0 N–H and O–H groups in total. The molecule has 0 saturated carbocycles. The molecule has 6 heteroatoms. The lowest BCUT2D eigenvalue weighted by Crippen LogP contribution is -2.14. The highest BCUT2D eigenvalue weighted by molar-refractivity contribution is 5.91. The van der Waals surface area contributed by atoms with Gasteiger partial charge in [0.2, 0.25) is 5.75 Å². The van der Waals surface area contributed by atoms with Crippen LogP contribution in [-0.2, 0) is 4.79 Å². The summed E-state index contributed by atoms with van der Waals surface area (Å²) < 4.78 is 22.0. The zero-order valence-corrected chi connectivity index (χ0v) is 15.5. The van der Waals surface area contributed by atoms with Gasteiger partial charge in [-0.05, 0) is 38.8 Å². The maximum atomic E-state index is 12.5. The van der Waals surface area contributed by atoms with Gasteiger partial charge < -0.3 is 18.6 Å². The maximum Gasteiger partial charge on any atom is 0.383 e. The average molecular weight is 360 g/mol. The Hall–Kier alpha value is -2.76. The number of esters is 1. The van der Waals surface area contributed by atoms with Crippen LogP contribution in [0.5, 0.6) is 17.2 Å². The van der Waals surface area contributed by atoms with Crippen molar-refractivity contribution in [1.82, 2.24) is 0 Å². The summed E-state index contributed by atoms with van der Waals surface area (Å²) in [7, 11) is 0. The van der Waals surface area contributed by atoms with Crippen LogP contribution in [-0.4, -0.2) is 18.7 Å². The third kappa shape index (κ3) is 4.88. The van der Waals surface area contributed by atoms with Gasteiger partial charge in [-0.2, -0.15) is 0 Å². The fourth-order valence-corrected chi connectivity index (χ4v) is 2.38. The lowest BCUT2D eigenvalue weighted by molar-refractivity contribution is -0.131. The fourth-order valence-electron chi connectivity index (χ4n) is 2.38. The van der Waals surface area contributed by atoms with Gasteiger partial charge >= 0.3 is 11.6 Å². The second kappa shape index (κ2) is 9.08. The van der Waals surface area contributed by atoms with Crippen molar-refractivity contribution in [2.24, 2.45) is 0 Å². The van der Waals surface area contributed by atoms with Crippen molar-refractivity contribution in [1.29, 1.82) is 0 Å². The van der Waals surface area contributed by atoms with E-state index in [1.54, 1.807) is 18.2 Å². The molecule has 1 aromatic carbocycles. The Balaban J connectivity index is 2.50. The van der Waals surface area contributed by atoms with Gasteiger partial charge in [-0.15, -0.1) is 0 Å². The number of rotatable bonds is 8. The predicted molar refractivity (Wildman–Crippen MR) is 99.1 cm³/mol. The summed E-state index contributed by atoms with van der Waals surface area (Å²) in [6, 6.07) is 4.98. The van der Waals surface area contributed by atoms with Crippen LogP contribution >= 0.6 is 0 Å². The Morgan fingerprint density at radius 2 is 2.00 bits per heavy atom. The van der Waals surface area contributed by atoms with Crippen molar-refractivity contribution in [3.8, 4) is 17.2 Å². The van der Waals surface area contributed by atoms with Crippen molar-refractivity contribution in [3.05, 3.63) is 40.8 Å². The van der Waals surface area contributed by atoms with Gasteiger partial charge in [-0.25, -0.2) is 4.79 Å². The number of allylic oxidation sites excluding steroid dienone is 1. The highest BCUT2D eigenvalue weighted by Gasteiger charge is 2.21. The number of hydrogen-bond acceptors (Lipinski definition) is 6. The van der Waals surface area contributed by atoms with E-state index in [4.69, 9.17) is 18.6 Å². The Morgan fingerprint density at radius 1 is 1.23 bits per heavy atom. The monoisotopic (exact) mass is 360 g/mol. The van der Waals surface area contributed by atoms with Crippen LogP contribution in [0.25, 0.3) is 11.0 Å². The Morgan fingerprint density at radius 3 is 2.65 bits per heavy atom. The second-order valence-corrected chi connectivity index (χ2v) is 5.96. The van der Waals surface area contributed by atoms with Crippen LogP contribution in [0.15, 0.2) is 39.6 Å². The lowest BCUT2D eigenvalue weighted by Gasteiger charge is -2.16. The zero-order valence-electron chi connectivity index (χ0n) is 15.5. The fraction of sp³-hybridized carbons (Fsp3) is 0.400. The lowest BCUT2D eigenvalue weighted by atomic mass is 10.2. The third-order valence-corrected chi connectivity index (χ3v) is 3.35. The number of carbonyl (C=O) groups is 1. The van der Waals surface area contributed by atoms with Crippen molar-refractivity contribution in [2.75, 3.05) is 6.61 Å². The highest BCUT2D eigenvalue weighted by Crippen LogP contribution is 2.37. The molecule has 0 saturated heterocycles. The molecule has 0 amide bonds. The predicted octanol–water partition coefficient (Wildman–Crippen LogP) is 4.24. The van der Waals surface area contributed by atoms with Gasteiger partial charge in [-0.1, -0.05) is 25.1 Å². The molecule has 0 fully saturated rings. The molecule has 0 radical (unpaired) electrons. The van der Waals surface area contributed by atoms with Crippen LogP contribution in [0.3, 0.4) is 0 Å². The molecule has 0 bridgehead atoms. The van der Waals surface area contributed by atoms with E-state index in [1.165, 1.54) is 6.92 Å². The third-order valence-electron chi connectivity index (χ3n) is 3.35. The molecule has 6 nitrogen and oxygen atoms in total. The van der Waals surface area contributed by atoms with Crippen LogP contribution in [0, 0.1) is 0 Å². The minimum Gasteiger partial charge on any atom is -0.486 e. The molecule has 0 aliphatic heterocycles. The second-order valence-electron chi connectivity index (χ2n) is 5.96. The van der Waals surface area contributed by atoms with Crippen LogP contribution in [0.1, 0.15) is 40.5 Å². The van der Waals surface area contributed by atoms with E-state index in [1.807, 2.05) is 32.9 Å². The van der Waals surface area contributed by atoms with E-state index in [2.05, 4.69) is 0 Å². The molecule has 0 aliphatic carbocycles. The highest BCUT2D eigenvalue weighted by atomic mass is 16.6. The number of benzene rings is 1. The number of ether oxygens (including phenoxy) is 3. The molecule has 26 heavy (non-hydrogen) atoms. The average Bonchev–Trinajstić information content (AvgIpc) is 2.56. The van der Waals surface area contributed by atoms with E-state index >= 15 is 0 Å². The van der Waals surface area contributed by atoms with E-state index in [0.717, 1.165) is 6.42 Å². The molecule has 0 spiro atoms. The van der Waals surface area contributed by atoms with Crippen LogP contribution < -0.4 is 19.8 Å². The van der Waals surface area contributed by atoms with E-state index < -0.39 is 11.6 Å². The number of carbonyl (C=O) groups excluding carboxylic acids is 1. The molecular formula is C20H24O6. The van der Waals surface area contributed by atoms with Crippen molar-refractivity contribution >= 4 is 16.9 Å². The first-order valence-electron chi connectivity index (χ1n) is 8.66. The number of para-hydroxylation sites is 1. The normalized spacial score (nSPS) is 11.3. The molecule has 2 rings (SSSR count). The number of fused-ring (bicyclic) bond motifs is 1. The van der Waals surface area contributed by atoms with Crippen molar-refractivity contribution in [2.45, 2.75) is 46.6 Å². The Bertz CT molecular complexity index is 847. The van der Waals surface area contributed by atoms with Gasteiger partial charge in [0.05, 0.1) is 18.1 Å². The largest absolute Gasteiger partial charge is 0.486 e. The molecule has 0 unspecified atom stereocenters. The summed E-state index contributed by atoms with van der Waals surface area (Å²) >= 11 is 0. The number of hydrogen-bond donors (Lipinski definition) is 0. The molecule has 0 atom stereocenters. The molecule has 140 valence electrons. The van der Waals surface area contributed by atoms with Gasteiger partial charge in [0.25, 0.3) is 0 Å². The van der Waals surface area contributed by atoms with Gasteiger partial charge in [0.1, 0.15) is 0 Å². The summed E-state index contributed by atoms with van der Waals surface area (Å²) in [4.78, 5) is 23.8. The van der Waals surface area contributed by atoms with Crippen LogP contribution in [0.4, 0.5) is 0 Å². The molecule has 2 aromatic rings. The van der Waals surface area contributed by atoms with Gasteiger partial charge in [0, 0.05) is 6.92 Å². The molecular weight excluding hydrogens is 336 g/mol. The molecule has 0 aliphatic rings. The van der Waals surface area contributed by atoms with E-state index in [-0.39, 0.29) is 23.2 Å². The first kappa shape index (κ1) is 19.6. The topological polar surface area (TPSA) is 75.0 Å². The standard InChI is InChI=1S/C20H24O6/c1-5-6-7-8-12-23-19-18(24-13(2)3)15-10-9-11-16(25-14(4)21)17(15)26-20(19)22/h6-7,9-11,13H,5,8,12H2,1-4H3. The quantitative estimate of drug-likeness (QED) is 0.230. The smallest absolute Gasteiger partial charge is 0.383 e. The summed E-state index contributed by atoms with van der Waals surface area (Å²) in [5.74, 6) is -0.0246. The summed E-state index contributed by atoms with van der Waals surface area (Å²) in [5.41, 5.74) is -0.520. The molecule has 1 heterocycles. The Kier molecular flexibility index (Phi) is 6.83. The van der Waals surface area contributed by atoms with E-state index in [0.29, 0.717) is 24.2 Å². The Labute approximate surface area is 152 Å². The summed E-state index contributed by atoms with van der Waals surface area (Å²) in [5, 5.41) is 0.510. The van der Waals surface area contributed by atoms with Gasteiger partial charge in [0.15, 0.2) is 17.1 Å². The summed E-state index contributed by atoms with van der Waals surface area (Å²) in [6.45, 7) is 7.35. The minimum absolute atomic E-state index is 0.0241. The summed E-state index contributed by atoms with van der Waals surface area (Å²) in [6.07, 6.45) is 5.45. The van der Waals surface area contributed by atoms with Crippen molar-refractivity contribution in [3.63, 3.8) is 0 Å². The van der Waals surface area contributed by atoms with Gasteiger partial charge in [-0.3, -0.25) is 4.79 Å². The first-order valence-corrected chi connectivity index (χ1v) is 8.66. The van der Waals surface area contributed by atoms with E-state index in [9.17, 15) is 9.59 Å². The van der Waals surface area contributed by atoms with Crippen molar-refractivity contribution < 1.29 is 23.4 Å².